The summed E-state index contributed by atoms with van der Waals surface area (Å²) in [4.78, 5) is 11.5. The summed E-state index contributed by atoms with van der Waals surface area (Å²) in [5.41, 5.74) is 5.99. The Morgan fingerprint density at radius 3 is 2.69 bits per heavy atom. The van der Waals surface area contributed by atoms with E-state index < -0.39 is 0 Å². The summed E-state index contributed by atoms with van der Waals surface area (Å²) in [5, 5.41) is 0. The highest BCUT2D eigenvalue weighted by Crippen LogP contribution is 2.47. The third-order valence-corrected chi connectivity index (χ3v) is 3.54. The number of hydrogen-bond acceptors (Lipinski definition) is 3. The van der Waals surface area contributed by atoms with E-state index in [-0.39, 0.29) is 17.9 Å². The molecule has 0 amide bonds. The van der Waals surface area contributed by atoms with Crippen LogP contribution >= 0.6 is 0 Å². The van der Waals surface area contributed by atoms with Gasteiger partial charge in [0.25, 0.3) is 0 Å². The molecule has 2 bridgehead atoms. The van der Waals surface area contributed by atoms with Crippen LogP contribution in [0.1, 0.15) is 26.2 Å². The van der Waals surface area contributed by atoms with Gasteiger partial charge in [-0.3, -0.25) is 4.79 Å². The van der Waals surface area contributed by atoms with Crippen molar-refractivity contribution in [3.05, 3.63) is 0 Å². The summed E-state index contributed by atoms with van der Waals surface area (Å²) in [6, 6.07) is 0.0674. The maximum absolute atomic E-state index is 11.5. The number of esters is 1. The van der Waals surface area contributed by atoms with Crippen LogP contribution in [0.3, 0.4) is 0 Å². The Labute approximate surface area is 78.6 Å². The Morgan fingerprint density at radius 2 is 2.15 bits per heavy atom. The van der Waals surface area contributed by atoms with Gasteiger partial charge in [0.2, 0.25) is 0 Å². The van der Waals surface area contributed by atoms with Crippen molar-refractivity contribution in [2.75, 3.05) is 6.61 Å². The number of carbonyl (C=O) groups excluding carboxylic acids is 1. The van der Waals surface area contributed by atoms with E-state index in [9.17, 15) is 4.79 Å². The molecule has 0 spiro atoms. The smallest absolute Gasteiger partial charge is 0.310 e. The molecule has 74 valence electrons. The summed E-state index contributed by atoms with van der Waals surface area (Å²) < 4.78 is 5.03. The second kappa shape index (κ2) is 3.29. The molecule has 0 aromatic rings. The van der Waals surface area contributed by atoms with Gasteiger partial charge in [-0.2, -0.15) is 0 Å². The molecule has 2 aliphatic carbocycles. The molecule has 13 heavy (non-hydrogen) atoms. The fourth-order valence-corrected chi connectivity index (χ4v) is 2.92. The first-order chi connectivity index (χ1) is 6.24. The molecule has 0 unspecified atom stereocenters. The topological polar surface area (TPSA) is 52.3 Å². The quantitative estimate of drug-likeness (QED) is 0.648. The molecule has 2 rings (SSSR count). The van der Waals surface area contributed by atoms with E-state index in [1.165, 1.54) is 12.8 Å². The summed E-state index contributed by atoms with van der Waals surface area (Å²) in [5.74, 6) is 1.03. The first-order valence-corrected chi connectivity index (χ1v) is 5.16. The lowest BCUT2D eigenvalue weighted by molar-refractivity contribution is -0.150. The van der Waals surface area contributed by atoms with Gasteiger partial charge in [0.15, 0.2) is 0 Å². The van der Waals surface area contributed by atoms with Crippen molar-refractivity contribution in [2.45, 2.75) is 32.2 Å². The first-order valence-electron chi connectivity index (χ1n) is 5.16. The molecule has 0 saturated heterocycles. The zero-order valence-electron chi connectivity index (χ0n) is 8.03. The number of rotatable bonds is 2. The van der Waals surface area contributed by atoms with Crippen LogP contribution in [-0.2, 0) is 9.53 Å². The molecule has 2 saturated carbocycles. The molecule has 2 aliphatic rings. The van der Waals surface area contributed by atoms with Crippen molar-refractivity contribution in [2.24, 2.45) is 23.5 Å². The largest absolute Gasteiger partial charge is 0.466 e. The van der Waals surface area contributed by atoms with Gasteiger partial charge < -0.3 is 10.5 Å². The monoisotopic (exact) mass is 183 g/mol. The van der Waals surface area contributed by atoms with Crippen LogP contribution in [0.4, 0.5) is 0 Å². The van der Waals surface area contributed by atoms with Crippen molar-refractivity contribution in [1.82, 2.24) is 0 Å². The van der Waals surface area contributed by atoms with Crippen molar-refractivity contribution >= 4 is 5.97 Å². The second-order valence-corrected chi connectivity index (χ2v) is 4.19. The number of carbonyl (C=O) groups is 1. The van der Waals surface area contributed by atoms with E-state index in [1.54, 1.807) is 0 Å². The molecule has 2 fully saturated rings. The van der Waals surface area contributed by atoms with Crippen molar-refractivity contribution < 1.29 is 9.53 Å². The highest BCUT2D eigenvalue weighted by atomic mass is 16.5. The standard InChI is InChI=1S/C10H17NO2/c1-2-13-10(12)8-6-3-4-7(5-6)9(8)11/h6-9H,2-5,11H2,1H3/t6-,7-,8+,9+/m0/s1. The lowest BCUT2D eigenvalue weighted by Crippen LogP contribution is -2.41. The molecule has 0 aliphatic heterocycles. The van der Waals surface area contributed by atoms with Gasteiger partial charge in [-0.1, -0.05) is 0 Å². The van der Waals surface area contributed by atoms with Crippen molar-refractivity contribution in [3.8, 4) is 0 Å². The maximum atomic E-state index is 11.5. The number of hydrogen-bond donors (Lipinski definition) is 1. The van der Waals surface area contributed by atoms with E-state index in [2.05, 4.69) is 0 Å². The van der Waals surface area contributed by atoms with Crippen LogP contribution in [0, 0.1) is 17.8 Å². The molecule has 0 heterocycles. The van der Waals surface area contributed by atoms with Gasteiger partial charge >= 0.3 is 5.97 Å². The van der Waals surface area contributed by atoms with Crippen LogP contribution < -0.4 is 5.73 Å². The van der Waals surface area contributed by atoms with Gasteiger partial charge in [0.05, 0.1) is 12.5 Å². The molecule has 0 aromatic carbocycles. The zero-order valence-corrected chi connectivity index (χ0v) is 8.03. The SMILES string of the molecule is CCOC(=O)[C@@H]1[C@H]2CC[C@@H](C2)[C@H]1N. The minimum absolute atomic E-state index is 0.00120. The van der Waals surface area contributed by atoms with Crippen LogP contribution in [0.2, 0.25) is 0 Å². The van der Waals surface area contributed by atoms with Gasteiger partial charge in [-0.05, 0) is 38.0 Å². The number of ether oxygens (including phenoxy) is 1. The zero-order chi connectivity index (χ0) is 9.42. The fraction of sp³-hybridized carbons (Fsp3) is 0.900. The summed E-state index contributed by atoms with van der Waals surface area (Å²) in [7, 11) is 0. The van der Waals surface area contributed by atoms with Crippen molar-refractivity contribution in [1.29, 1.82) is 0 Å². The molecule has 4 atom stereocenters. The van der Waals surface area contributed by atoms with E-state index in [0.717, 1.165) is 6.42 Å². The second-order valence-electron chi connectivity index (χ2n) is 4.19. The fourth-order valence-electron chi connectivity index (χ4n) is 2.92. The maximum Gasteiger partial charge on any atom is 0.310 e. The molecule has 3 heteroatoms. The summed E-state index contributed by atoms with van der Waals surface area (Å²) >= 11 is 0. The minimum atomic E-state index is -0.0674. The average molecular weight is 183 g/mol. The van der Waals surface area contributed by atoms with Crippen LogP contribution in [-0.4, -0.2) is 18.6 Å². The molecular formula is C10H17NO2. The Kier molecular flexibility index (Phi) is 2.28. The number of nitrogens with two attached hydrogens (primary N) is 1. The van der Waals surface area contributed by atoms with E-state index >= 15 is 0 Å². The van der Waals surface area contributed by atoms with E-state index in [0.29, 0.717) is 18.4 Å². The van der Waals surface area contributed by atoms with Gasteiger partial charge in [0, 0.05) is 6.04 Å². The third-order valence-electron chi connectivity index (χ3n) is 3.54. The van der Waals surface area contributed by atoms with Gasteiger partial charge in [-0.25, -0.2) is 0 Å². The van der Waals surface area contributed by atoms with Gasteiger partial charge in [0.1, 0.15) is 0 Å². The highest BCUT2D eigenvalue weighted by molar-refractivity contribution is 5.74. The Balaban J connectivity index is 2.03. The lowest BCUT2D eigenvalue weighted by atomic mass is 9.85. The van der Waals surface area contributed by atoms with E-state index in [4.69, 9.17) is 10.5 Å². The van der Waals surface area contributed by atoms with Crippen LogP contribution in [0.25, 0.3) is 0 Å². The predicted molar refractivity (Wildman–Crippen MR) is 48.9 cm³/mol. The highest BCUT2D eigenvalue weighted by Gasteiger charge is 2.49. The van der Waals surface area contributed by atoms with Gasteiger partial charge in [-0.15, -0.1) is 0 Å². The minimum Gasteiger partial charge on any atom is -0.466 e. The average Bonchev–Trinajstić information content (AvgIpc) is 2.63. The predicted octanol–water partition coefficient (Wildman–Crippen LogP) is 0.923. The normalized spacial score (nSPS) is 42.3. The first kappa shape index (κ1) is 9.00. The summed E-state index contributed by atoms with van der Waals surface area (Å²) in [6.07, 6.45) is 3.52. The Hall–Kier alpha value is -0.570. The van der Waals surface area contributed by atoms with E-state index in [1.807, 2.05) is 6.92 Å². The molecule has 3 nitrogen and oxygen atoms in total. The van der Waals surface area contributed by atoms with Crippen molar-refractivity contribution in [3.63, 3.8) is 0 Å². The van der Waals surface area contributed by atoms with Crippen LogP contribution in [0.15, 0.2) is 0 Å². The summed E-state index contributed by atoms with van der Waals surface area (Å²) in [6.45, 7) is 2.32. The Morgan fingerprint density at radius 1 is 1.46 bits per heavy atom. The Bertz CT molecular complexity index is 215. The molecule has 2 N–H and O–H groups in total. The molecule has 0 radical (unpaired) electrons. The van der Waals surface area contributed by atoms with Crippen LogP contribution in [0.5, 0.6) is 0 Å². The number of fused-ring (bicyclic) bond motifs is 2. The third kappa shape index (κ3) is 1.35. The lowest BCUT2D eigenvalue weighted by Gasteiger charge is -2.25. The molecule has 0 aromatic heterocycles. The molecular weight excluding hydrogens is 166 g/mol.